The third kappa shape index (κ3) is 18.7. The lowest BCUT2D eigenvalue weighted by atomic mass is 10.1. The molecule has 1 rings (SSSR count). The molecule has 34 heavy (non-hydrogen) atoms. The number of ketones is 1. The topological polar surface area (TPSA) is 88.2 Å². The number of thioether (sulfide) groups is 1. The first-order chi connectivity index (χ1) is 16.2. The standard InChI is InChI=1S/C18H27N3O3S2.2C3H8.C2H6/c1-5-8-13(20-17(24)14(22)11-25-9-6-2)16(23)21-18-19-10-15(26-18)12(4)7-3;2*1-3-2;1-2/h6,9-10,12-13H,5,7-8,11H2,1-4H3,(H,20,24)(H,19,21,23);2*3H2,1-2H3;1-2H3/b9-6-;;;/t12?,13-;;;/m0.../s1. The molecule has 6 nitrogen and oxygen atoms in total. The average Bonchev–Trinajstić information content (AvgIpc) is 3.29. The van der Waals surface area contributed by atoms with Crippen LogP contribution < -0.4 is 10.6 Å². The van der Waals surface area contributed by atoms with E-state index in [1.165, 1.54) is 35.9 Å². The number of hydrogen-bond acceptors (Lipinski definition) is 6. The summed E-state index contributed by atoms with van der Waals surface area (Å²) in [4.78, 5) is 41.7. The number of carbonyl (C=O) groups is 3. The van der Waals surface area contributed by atoms with Gasteiger partial charge in [0, 0.05) is 11.1 Å². The number of nitrogens with zero attached hydrogens (tertiary/aromatic N) is 1. The van der Waals surface area contributed by atoms with Crippen molar-refractivity contribution >= 4 is 45.8 Å². The van der Waals surface area contributed by atoms with Gasteiger partial charge in [-0.3, -0.25) is 14.4 Å². The second kappa shape index (κ2) is 25.9. The maximum atomic E-state index is 12.5. The van der Waals surface area contributed by atoms with Crippen LogP contribution in [0.15, 0.2) is 17.7 Å². The summed E-state index contributed by atoms with van der Waals surface area (Å²) in [6.07, 6.45) is 8.22. The number of hydrogen-bond donors (Lipinski definition) is 2. The van der Waals surface area contributed by atoms with Gasteiger partial charge in [-0.25, -0.2) is 4.98 Å². The largest absolute Gasteiger partial charge is 0.338 e. The van der Waals surface area contributed by atoms with Crippen molar-refractivity contribution < 1.29 is 14.4 Å². The van der Waals surface area contributed by atoms with E-state index in [0.717, 1.165) is 11.3 Å². The fourth-order valence-corrected chi connectivity index (χ4v) is 3.57. The number of anilines is 1. The molecule has 0 aliphatic carbocycles. The minimum Gasteiger partial charge on any atom is -0.338 e. The van der Waals surface area contributed by atoms with E-state index in [0.29, 0.717) is 23.9 Å². The van der Waals surface area contributed by atoms with Crippen LogP contribution in [0.25, 0.3) is 0 Å². The minimum atomic E-state index is -0.751. The summed E-state index contributed by atoms with van der Waals surface area (Å²) >= 11 is 2.68. The molecule has 0 saturated carbocycles. The number of thiazole rings is 1. The second-order valence-electron chi connectivity index (χ2n) is 7.30. The number of aromatic nitrogens is 1. The Labute approximate surface area is 217 Å². The highest BCUT2D eigenvalue weighted by Gasteiger charge is 2.24. The molecule has 0 aromatic carbocycles. The average molecular weight is 516 g/mol. The van der Waals surface area contributed by atoms with Gasteiger partial charge in [0.1, 0.15) is 6.04 Å². The smallest absolute Gasteiger partial charge is 0.288 e. The van der Waals surface area contributed by atoms with Crippen LogP contribution in [0.4, 0.5) is 5.13 Å². The number of rotatable bonds is 11. The highest BCUT2D eigenvalue weighted by molar-refractivity contribution is 8.02. The van der Waals surface area contributed by atoms with E-state index in [-0.39, 0.29) is 11.7 Å². The summed E-state index contributed by atoms with van der Waals surface area (Å²) in [5, 5.41) is 7.55. The fourth-order valence-electron chi connectivity index (χ4n) is 2.05. The van der Waals surface area contributed by atoms with Crippen molar-refractivity contribution in [2.75, 3.05) is 11.1 Å². The number of nitrogens with one attached hydrogen (secondary N) is 2. The number of amides is 2. The highest BCUT2D eigenvalue weighted by Crippen LogP contribution is 2.27. The monoisotopic (exact) mass is 515 g/mol. The summed E-state index contributed by atoms with van der Waals surface area (Å²) < 4.78 is 0. The van der Waals surface area contributed by atoms with Gasteiger partial charge in [0.05, 0.1) is 5.75 Å². The lowest BCUT2D eigenvalue weighted by molar-refractivity contribution is -0.137. The van der Waals surface area contributed by atoms with E-state index in [1.54, 1.807) is 17.7 Å². The summed E-state index contributed by atoms with van der Waals surface area (Å²) in [7, 11) is 0. The highest BCUT2D eigenvalue weighted by atomic mass is 32.2. The Kier molecular flexibility index (Phi) is 28.1. The van der Waals surface area contributed by atoms with E-state index >= 15 is 0 Å². The maximum Gasteiger partial charge on any atom is 0.288 e. The van der Waals surface area contributed by atoms with Crippen LogP contribution in [-0.2, 0) is 14.4 Å². The predicted octanol–water partition coefficient (Wildman–Crippen LogP) is 7.57. The molecule has 0 aliphatic rings. The fraction of sp³-hybridized carbons (Fsp3) is 0.692. The number of allylic oxidation sites excluding steroid dienone is 1. The first-order valence-electron chi connectivity index (χ1n) is 12.6. The van der Waals surface area contributed by atoms with E-state index < -0.39 is 17.7 Å². The molecular weight excluding hydrogens is 466 g/mol. The summed E-state index contributed by atoms with van der Waals surface area (Å²) in [5.74, 6) is -1.18. The second-order valence-corrected chi connectivity index (χ2v) is 9.26. The van der Waals surface area contributed by atoms with Gasteiger partial charge < -0.3 is 10.6 Å². The Morgan fingerprint density at radius 2 is 1.65 bits per heavy atom. The van der Waals surface area contributed by atoms with Gasteiger partial charge in [0.15, 0.2) is 5.13 Å². The lowest BCUT2D eigenvalue weighted by Gasteiger charge is -2.16. The molecule has 0 aliphatic heterocycles. The molecule has 198 valence electrons. The van der Waals surface area contributed by atoms with Crippen LogP contribution in [0.1, 0.15) is 112 Å². The third-order valence-corrected chi connectivity index (χ3v) is 5.79. The van der Waals surface area contributed by atoms with Crippen molar-refractivity contribution in [3.05, 3.63) is 22.6 Å². The molecule has 1 heterocycles. The molecule has 2 atom stereocenters. The zero-order valence-corrected chi connectivity index (χ0v) is 24.8. The molecule has 0 bridgehead atoms. The third-order valence-electron chi connectivity index (χ3n) is 3.75. The quantitative estimate of drug-likeness (QED) is 0.297. The van der Waals surface area contributed by atoms with E-state index in [4.69, 9.17) is 0 Å². The van der Waals surface area contributed by atoms with Crippen LogP contribution in [0.5, 0.6) is 0 Å². The van der Waals surface area contributed by atoms with Crippen LogP contribution >= 0.6 is 23.1 Å². The van der Waals surface area contributed by atoms with Gasteiger partial charge in [-0.05, 0) is 31.1 Å². The molecule has 1 unspecified atom stereocenters. The van der Waals surface area contributed by atoms with Crippen molar-refractivity contribution in [1.29, 1.82) is 0 Å². The van der Waals surface area contributed by atoms with Crippen molar-refractivity contribution in [1.82, 2.24) is 10.3 Å². The molecular formula is C26H49N3O3S2. The molecule has 2 N–H and O–H groups in total. The van der Waals surface area contributed by atoms with E-state index in [2.05, 4.69) is 57.2 Å². The van der Waals surface area contributed by atoms with Gasteiger partial charge in [0.2, 0.25) is 11.7 Å². The van der Waals surface area contributed by atoms with Crippen LogP contribution in [0.2, 0.25) is 0 Å². The number of carbonyl (C=O) groups excluding carboxylic acids is 3. The SMILES string of the molecule is C/C=C\SCC(=O)C(=O)N[C@@H](CCC)C(=O)Nc1ncc(C(C)CC)s1.CC.CCC.CCC. The van der Waals surface area contributed by atoms with Crippen LogP contribution in [0.3, 0.4) is 0 Å². The summed E-state index contributed by atoms with van der Waals surface area (Å²) in [5.41, 5.74) is 0. The van der Waals surface area contributed by atoms with Crippen LogP contribution in [-0.4, -0.2) is 34.4 Å². The molecule has 0 saturated heterocycles. The Bertz CT molecular complexity index is 674. The van der Waals surface area contributed by atoms with Gasteiger partial charge >= 0.3 is 0 Å². The van der Waals surface area contributed by atoms with Gasteiger partial charge in [-0.2, -0.15) is 0 Å². The Hall–Kier alpha value is -1.67. The van der Waals surface area contributed by atoms with Crippen molar-refractivity contribution in [3.63, 3.8) is 0 Å². The normalized spacial score (nSPS) is 11.5. The lowest BCUT2D eigenvalue weighted by Crippen LogP contribution is -2.46. The maximum absolute atomic E-state index is 12.5. The number of Topliss-reactive ketones (excluding diaryl/α,β-unsaturated/α-hetero) is 1. The van der Waals surface area contributed by atoms with Crippen molar-refractivity contribution in [3.8, 4) is 0 Å². The van der Waals surface area contributed by atoms with E-state index in [1.807, 2.05) is 27.7 Å². The van der Waals surface area contributed by atoms with Gasteiger partial charge in [0.25, 0.3) is 5.91 Å². The first-order valence-corrected chi connectivity index (χ1v) is 14.4. The summed E-state index contributed by atoms with van der Waals surface area (Å²) in [6.45, 7) is 20.5. The Morgan fingerprint density at radius 3 is 2.12 bits per heavy atom. The van der Waals surface area contributed by atoms with Gasteiger partial charge in [-0.1, -0.05) is 87.7 Å². The van der Waals surface area contributed by atoms with Crippen LogP contribution in [0, 0.1) is 0 Å². The molecule has 2 amide bonds. The van der Waals surface area contributed by atoms with E-state index in [9.17, 15) is 14.4 Å². The molecule has 0 spiro atoms. The molecule has 0 radical (unpaired) electrons. The van der Waals surface area contributed by atoms with Crippen molar-refractivity contribution in [2.24, 2.45) is 0 Å². The molecule has 1 aromatic heterocycles. The Morgan fingerprint density at radius 1 is 1.09 bits per heavy atom. The van der Waals surface area contributed by atoms with Crippen molar-refractivity contribution in [2.45, 2.75) is 113 Å². The predicted molar refractivity (Wildman–Crippen MR) is 152 cm³/mol. The summed E-state index contributed by atoms with van der Waals surface area (Å²) in [6, 6.07) is -0.751. The molecule has 1 aromatic rings. The van der Waals surface area contributed by atoms with Gasteiger partial charge in [-0.15, -0.1) is 23.1 Å². The zero-order chi connectivity index (χ0) is 26.9. The zero-order valence-electron chi connectivity index (χ0n) is 23.1. The minimum absolute atomic E-state index is 0.0569. The Balaban J connectivity index is -0.00000106. The molecule has 0 fully saturated rings. The molecule has 8 heteroatoms. The first kappa shape index (κ1) is 36.9.